The van der Waals surface area contributed by atoms with E-state index in [1.165, 1.54) is 16.5 Å². The third-order valence-corrected chi connectivity index (χ3v) is 3.82. The molecule has 8 heteroatoms. The van der Waals surface area contributed by atoms with Crippen molar-refractivity contribution in [2.24, 2.45) is 0 Å². The molecule has 8 nitrogen and oxygen atoms in total. The number of carbonyl (C=O) groups excluding carboxylic acids is 1. The number of nitrogens with two attached hydrogens (primary N) is 1. The molecule has 22 heavy (non-hydrogen) atoms. The Hall–Kier alpha value is -2.09. The predicted octanol–water partition coefficient (Wildman–Crippen LogP) is 0.0607. The van der Waals surface area contributed by atoms with E-state index in [0.29, 0.717) is 19.6 Å². The van der Waals surface area contributed by atoms with Gasteiger partial charge in [0.15, 0.2) is 5.69 Å². The summed E-state index contributed by atoms with van der Waals surface area (Å²) in [6, 6.07) is 0. The predicted molar refractivity (Wildman–Crippen MR) is 83.0 cm³/mol. The van der Waals surface area contributed by atoms with E-state index in [1.807, 2.05) is 6.92 Å². The first-order valence-electron chi connectivity index (χ1n) is 7.49. The van der Waals surface area contributed by atoms with Crippen LogP contribution in [0.15, 0.2) is 9.59 Å². The van der Waals surface area contributed by atoms with Gasteiger partial charge < -0.3 is 15.4 Å². The number of carbonyl (C=O) groups is 1. The average molecular weight is 310 g/mol. The van der Waals surface area contributed by atoms with Crippen LogP contribution in [-0.2, 0) is 16.1 Å². The summed E-state index contributed by atoms with van der Waals surface area (Å²) in [5, 5.41) is 0. The van der Waals surface area contributed by atoms with Gasteiger partial charge >= 0.3 is 5.69 Å². The van der Waals surface area contributed by atoms with Crippen LogP contribution in [0.5, 0.6) is 0 Å². The van der Waals surface area contributed by atoms with Crippen molar-refractivity contribution in [1.29, 1.82) is 0 Å². The van der Waals surface area contributed by atoms with Crippen molar-refractivity contribution >= 4 is 17.4 Å². The van der Waals surface area contributed by atoms with Gasteiger partial charge in [0.25, 0.3) is 11.5 Å². The number of unbranched alkanes of at least 4 members (excludes halogenated alkanes) is 1. The molecule has 2 heterocycles. The lowest BCUT2D eigenvalue weighted by Gasteiger charge is -2.22. The van der Waals surface area contributed by atoms with Crippen LogP contribution in [0.2, 0.25) is 0 Å². The lowest BCUT2D eigenvalue weighted by molar-refractivity contribution is -0.127. The van der Waals surface area contributed by atoms with Crippen molar-refractivity contribution in [3.8, 4) is 0 Å². The average Bonchev–Trinajstić information content (AvgIpc) is 3.00. The molecule has 1 aliphatic heterocycles. The maximum Gasteiger partial charge on any atom is 0.330 e. The van der Waals surface area contributed by atoms with E-state index in [4.69, 9.17) is 10.5 Å². The van der Waals surface area contributed by atoms with Crippen molar-refractivity contribution in [2.45, 2.75) is 45.3 Å². The number of aromatic nitrogens is 2. The Kier molecular flexibility index (Phi) is 5.02. The summed E-state index contributed by atoms with van der Waals surface area (Å²) >= 11 is 0. The number of hydrogen-bond acceptors (Lipinski definition) is 5. The molecule has 0 aliphatic carbocycles. The Balaban J connectivity index is 2.38. The molecular formula is C14H22N4O4. The van der Waals surface area contributed by atoms with E-state index in [2.05, 4.69) is 4.98 Å². The number of hydrogen-bond donors (Lipinski definition) is 2. The van der Waals surface area contributed by atoms with Gasteiger partial charge in [0.05, 0.1) is 0 Å². The smallest absolute Gasteiger partial charge is 0.330 e. The molecule has 0 spiro atoms. The molecule has 122 valence electrons. The number of nitrogens with zero attached hydrogens (tertiary/aromatic N) is 2. The highest BCUT2D eigenvalue weighted by Gasteiger charge is 2.30. The topological polar surface area (TPSA) is 110 Å². The fraction of sp³-hybridized carbons (Fsp3) is 0.643. The molecule has 2 rings (SSSR count). The van der Waals surface area contributed by atoms with E-state index in [1.54, 1.807) is 0 Å². The minimum atomic E-state index is -0.663. The lowest BCUT2D eigenvalue weighted by Crippen LogP contribution is -2.42. The summed E-state index contributed by atoms with van der Waals surface area (Å²) < 4.78 is 6.63. The van der Waals surface area contributed by atoms with E-state index in [9.17, 15) is 14.4 Å². The molecular weight excluding hydrogens is 288 g/mol. The summed E-state index contributed by atoms with van der Waals surface area (Å²) in [6.07, 6.45) is 2.51. The Labute approximate surface area is 127 Å². The van der Waals surface area contributed by atoms with Gasteiger partial charge in [-0.25, -0.2) is 4.79 Å². The first kappa shape index (κ1) is 16.3. The van der Waals surface area contributed by atoms with Gasteiger partial charge in [-0.1, -0.05) is 13.3 Å². The van der Waals surface area contributed by atoms with Crippen molar-refractivity contribution in [3.05, 3.63) is 20.8 Å². The highest BCUT2D eigenvalue weighted by Crippen LogP contribution is 2.20. The maximum atomic E-state index is 12.4. The van der Waals surface area contributed by atoms with Crippen LogP contribution in [-0.4, -0.2) is 35.2 Å². The number of likely N-dealkylation sites (N-methyl/N-ethyl adjacent to an activating group) is 1. The van der Waals surface area contributed by atoms with Crippen molar-refractivity contribution in [2.75, 3.05) is 24.3 Å². The zero-order chi connectivity index (χ0) is 16.3. The largest absolute Gasteiger partial charge is 0.383 e. The molecule has 0 radical (unpaired) electrons. The van der Waals surface area contributed by atoms with Crippen LogP contribution >= 0.6 is 0 Å². The van der Waals surface area contributed by atoms with E-state index in [0.717, 1.165) is 19.3 Å². The molecule has 3 N–H and O–H groups in total. The van der Waals surface area contributed by atoms with Crippen LogP contribution in [0.25, 0.3) is 0 Å². The molecule has 1 saturated heterocycles. The number of rotatable bonds is 5. The zero-order valence-corrected chi connectivity index (χ0v) is 12.9. The van der Waals surface area contributed by atoms with E-state index in [-0.39, 0.29) is 17.4 Å². The number of H-pyrrole nitrogens is 1. The van der Waals surface area contributed by atoms with Crippen molar-refractivity contribution in [1.82, 2.24) is 9.55 Å². The Morgan fingerprint density at radius 3 is 2.82 bits per heavy atom. The Morgan fingerprint density at radius 1 is 1.50 bits per heavy atom. The Bertz CT molecular complexity index is 658. The summed E-state index contributed by atoms with van der Waals surface area (Å²) in [6.45, 7) is 2.92. The SMILES string of the molecule is CCCCn1c(N)c(N(C)C(=O)[C@@H]2CCCO2)c(=O)[nH]c1=O. The van der Waals surface area contributed by atoms with Crippen molar-refractivity contribution < 1.29 is 9.53 Å². The molecule has 0 aromatic carbocycles. The minimum Gasteiger partial charge on any atom is -0.383 e. The minimum absolute atomic E-state index is 0.00352. The molecule has 0 bridgehead atoms. The fourth-order valence-corrected chi connectivity index (χ4v) is 2.54. The summed E-state index contributed by atoms with van der Waals surface area (Å²) in [7, 11) is 1.47. The Morgan fingerprint density at radius 2 is 2.23 bits per heavy atom. The summed E-state index contributed by atoms with van der Waals surface area (Å²) in [5.74, 6) is -0.313. The first-order chi connectivity index (χ1) is 10.5. The van der Waals surface area contributed by atoms with E-state index < -0.39 is 17.4 Å². The molecule has 0 saturated carbocycles. The number of anilines is 2. The second-order valence-corrected chi connectivity index (χ2v) is 5.40. The second kappa shape index (κ2) is 6.78. The van der Waals surface area contributed by atoms with Gasteiger partial charge in [-0.05, 0) is 19.3 Å². The second-order valence-electron chi connectivity index (χ2n) is 5.40. The fourth-order valence-electron chi connectivity index (χ4n) is 2.54. The van der Waals surface area contributed by atoms with Crippen LogP contribution in [0.4, 0.5) is 11.5 Å². The van der Waals surface area contributed by atoms with Gasteiger partial charge in [-0.15, -0.1) is 0 Å². The number of aromatic amines is 1. The van der Waals surface area contributed by atoms with Gasteiger partial charge in [-0.2, -0.15) is 0 Å². The van der Waals surface area contributed by atoms with Crippen molar-refractivity contribution in [3.63, 3.8) is 0 Å². The molecule has 1 atom stereocenters. The molecule has 1 amide bonds. The van der Waals surface area contributed by atoms with Crippen LogP contribution in [0.3, 0.4) is 0 Å². The zero-order valence-electron chi connectivity index (χ0n) is 12.9. The monoisotopic (exact) mass is 310 g/mol. The van der Waals surface area contributed by atoms with Gasteiger partial charge in [0.2, 0.25) is 0 Å². The highest BCUT2D eigenvalue weighted by molar-refractivity contribution is 5.98. The third-order valence-electron chi connectivity index (χ3n) is 3.82. The van der Waals surface area contributed by atoms with Gasteiger partial charge in [0.1, 0.15) is 11.9 Å². The molecule has 1 aromatic rings. The van der Waals surface area contributed by atoms with Gasteiger partial charge in [0, 0.05) is 20.2 Å². The number of amides is 1. The first-order valence-corrected chi connectivity index (χ1v) is 7.49. The standard InChI is InChI=1S/C14H22N4O4/c1-3-4-7-18-11(15)10(12(19)16-14(18)21)17(2)13(20)9-6-5-8-22-9/h9H,3-8,15H2,1-2H3,(H,16,19,21)/t9-/m0/s1. The molecule has 1 fully saturated rings. The quantitative estimate of drug-likeness (QED) is 0.799. The van der Waals surface area contributed by atoms with Gasteiger partial charge in [-0.3, -0.25) is 19.1 Å². The van der Waals surface area contributed by atoms with Crippen LogP contribution in [0.1, 0.15) is 32.6 Å². The van der Waals surface area contributed by atoms with E-state index >= 15 is 0 Å². The normalized spacial score (nSPS) is 17.6. The highest BCUT2D eigenvalue weighted by atomic mass is 16.5. The molecule has 1 aromatic heterocycles. The number of ether oxygens (including phenoxy) is 1. The maximum absolute atomic E-state index is 12.4. The number of nitrogens with one attached hydrogen (secondary N) is 1. The third kappa shape index (κ3) is 3.06. The number of nitrogen functional groups attached to an aromatic ring is 1. The summed E-state index contributed by atoms with van der Waals surface area (Å²) in [4.78, 5) is 39.7. The lowest BCUT2D eigenvalue weighted by atomic mass is 10.2. The molecule has 0 unspecified atom stereocenters. The van der Waals surface area contributed by atoms with Crippen LogP contribution < -0.4 is 21.9 Å². The summed E-state index contributed by atoms with van der Waals surface area (Å²) in [5.41, 5.74) is 4.75. The van der Waals surface area contributed by atoms with Crippen LogP contribution in [0, 0.1) is 0 Å². The molecule has 1 aliphatic rings.